The zero-order valence-electron chi connectivity index (χ0n) is 14.6. The van der Waals surface area contributed by atoms with Crippen LogP contribution in [0, 0.1) is 6.92 Å². The van der Waals surface area contributed by atoms with Crippen molar-refractivity contribution in [2.24, 2.45) is 0 Å². The highest BCUT2D eigenvalue weighted by Crippen LogP contribution is 2.22. The second-order valence-electron chi connectivity index (χ2n) is 6.36. The molecule has 0 radical (unpaired) electrons. The second kappa shape index (κ2) is 7.51. The van der Waals surface area contributed by atoms with Gasteiger partial charge in [-0.2, -0.15) is 5.10 Å². The largest absolute Gasteiger partial charge is 0.369 e. The minimum Gasteiger partial charge on any atom is -0.369 e. The number of para-hydroxylation sites is 1. The van der Waals surface area contributed by atoms with Crippen LogP contribution in [0.3, 0.4) is 0 Å². The summed E-state index contributed by atoms with van der Waals surface area (Å²) in [5, 5.41) is 4.26. The Balaban J connectivity index is 1.69. The second-order valence-corrected chi connectivity index (χ2v) is 6.36. The number of carbonyl (C=O) groups excluding carboxylic acids is 1. The quantitative estimate of drug-likeness (QED) is 0.867. The maximum Gasteiger partial charge on any atom is 0.247 e. The molecule has 1 aliphatic rings. The van der Waals surface area contributed by atoms with E-state index in [1.165, 1.54) is 11.3 Å². The van der Waals surface area contributed by atoms with Gasteiger partial charge in [-0.1, -0.05) is 25.1 Å². The Morgan fingerprint density at radius 2 is 2.00 bits per heavy atom. The van der Waals surface area contributed by atoms with Crippen molar-refractivity contribution in [3.8, 4) is 0 Å². The Labute approximate surface area is 143 Å². The molecule has 1 amide bonds. The van der Waals surface area contributed by atoms with Crippen molar-refractivity contribution in [3.63, 3.8) is 0 Å². The molecule has 1 saturated heterocycles. The van der Waals surface area contributed by atoms with E-state index in [1.807, 2.05) is 24.1 Å². The lowest BCUT2D eigenvalue weighted by Gasteiger charge is -2.27. The molecule has 0 spiro atoms. The molecule has 3 rings (SSSR count). The number of amides is 1. The summed E-state index contributed by atoms with van der Waals surface area (Å²) < 4.78 is 1.78. The lowest BCUT2D eigenvalue weighted by molar-refractivity contribution is -0.135. The molecule has 1 aliphatic heterocycles. The topological polar surface area (TPSA) is 41.4 Å². The molecular formula is C19H26N4O. The van der Waals surface area contributed by atoms with E-state index in [0.29, 0.717) is 0 Å². The molecule has 24 heavy (non-hydrogen) atoms. The predicted octanol–water partition coefficient (Wildman–Crippen LogP) is 2.88. The molecule has 0 saturated carbocycles. The van der Waals surface area contributed by atoms with Crippen molar-refractivity contribution in [2.75, 3.05) is 31.1 Å². The lowest BCUT2D eigenvalue weighted by atomic mass is 10.2. The van der Waals surface area contributed by atoms with Crippen LogP contribution in [0.4, 0.5) is 5.69 Å². The highest BCUT2D eigenvalue weighted by atomic mass is 16.2. The summed E-state index contributed by atoms with van der Waals surface area (Å²) in [6.07, 6.45) is 5.37. The highest BCUT2D eigenvalue weighted by molar-refractivity contribution is 5.80. The molecule has 1 aromatic heterocycles. The summed E-state index contributed by atoms with van der Waals surface area (Å²) >= 11 is 0. The summed E-state index contributed by atoms with van der Waals surface area (Å²) in [4.78, 5) is 17.3. The molecule has 0 N–H and O–H groups in total. The summed E-state index contributed by atoms with van der Waals surface area (Å²) in [5.74, 6) is 0.188. The summed E-state index contributed by atoms with van der Waals surface area (Å²) in [5.41, 5.74) is 2.58. The number of anilines is 1. The van der Waals surface area contributed by atoms with Gasteiger partial charge < -0.3 is 9.80 Å². The third-order valence-electron chi connectivity index (χ3n) is 4.78. The molecule has 2 heterocycles. The molecule has 0 bridgehead atoms. The maximum atomic E-state index is 12.9. The summed E-state index contributed by atoms with van der Waals surface area (Å²) in [6.45, 7) is 7.65. The molecule has 1 atom stereocenters. The fourth-order valence-corrected chi connectivity index (χ4v) is 3.45. The Morgan fingerprint density at radius 3 is 2.71 bits per heavy atom. The normalized spacial score (nSPS) is 16.8. The van der Waals surface area contributed by atoms with Crippen molar-refractivity contribution in [3.05, 3.63) is 48.3 Å². The van der Waals surface area contributed by atoms with Crippen molar-refractivity contribution >= 4 is 11.6 Å². The number of nitrogens with zero attached hydrogens (tertiary/aromatic N) is 4. The Morgan fingerprint density at radius 1 is 1.17 bits per heavy atom. The van der Waals surface area contributed by atoms with E-state index in [0.717, 1.165) is 39.0 Å². The van der Waals surface area contributed by atoms with E-state index in [4.69, 9.17) is 0 Å². The molecule has 5 nitrogen and oxygen atoms in total. The van der Waals surface area contributed by atoms with Crippen LogP contribution in [-0.4, -0.2) is 46.8 Å². The van der Waals surface area contributed by atoms with Crippen LogP contribution in [0.15, 0.2) is 42.7 Å². The number of benzene rings is 1. The fraction of sp³-hybridized carbons (Fsp3) is 0.474. The van der Waals surface area contributed by atoms with Crippen LogP contribution in [-0.2, 0) is 4.79 Å². The van der Waals surface area contributed by atoms with E-state index < -0.39 is 0 Å². The first-order valence-corrected chi connectivity index (χ1v) is 8.79. The molecule has 1 aromatic carbocycles. The van der Waals surface area contributed by atoms with E-state index in [-0.39, 0.29) is 11.9 Å². The van der Waals surface area contributed by atoms with Gasteiger partial charge in [0.25, 0.3) is 0 Å². The third kappa shape index (κ3) is 3.45. The molecule has 0 aliphatic carbocycles. The molecular weight excluding hydrogens is 300 g/mol. The average Bonchev–Trinajstić information content (AvgIpc) is 3.00. The molecule has 1 fully saturated rings. The first kappa shape index (κ1) is 16.6. The van der Waals surface area contributed by atoms with Gasteiger partial charge in [0.05, 0.1) is 0 Å². The van der Waals surface area contributed by atoms with E-state index in [1.54, 1.807) is 10.9 Å². The van der Waals surface area contributed by atoms with Crippen LogP contribution in [0.5, 0.6) is 0 Å². The molecule has 2 aromatic rings. The smallest absolute Gasteiger partial charge is 0.247 e. The zero-order valence-corrected chi connectivity index (χ0v) is 14.6. The Hall–Kier alpha value is -2.30. The Bertz CT molecular complexity index is 668. The van der Waals surface area contributed by atoms with Gasteiger partial charge in [-0.25, -0.2) is 0 Å². The average molecular weight is 326 g/mol. The van der Waals surface area contributed by atoms with Crippen molar-refractivity contribution in [1.82, 2.24) is 14.7 Å². The van der Waals surface area contributed by atoms with Crippen LogP contribution < -0.4 is 4.90 Å². The Kier molecular flexibility index (Phi) is 5.18. The first-order chi connectivity index (χ1) is 11.7. The minimum atomic E-state index is -0.190. The van der Waals surface area contributed by atoms with Gasteiger partial charge in [0, 0.05) is 44.3 Å². The van der Waals surface area contributed by atoms with E-state index in [9.17, 15) is 4.79 Å². The number of aryl methyl sites for hydroxylation is 1. The van der Waals surface area contributed by atoms with Gasteiger partial charge in [0.15, 0.2) is 0 Å². The van der Waals surface area contributed by atoms with Gasteiger partial charge >= 0.3 is 0 Å². The number of aromatic nitrogens is 2. The monoisotopic (exact) mass is 326 g/mol. The van der Waals surface area contributed by atoms with Gasteiger partial charge in [-0.05, 0) is 37.5 Å². The zero-order chi connectivity index (χ0) is 16.9. The standard InChI is InChI=1S/C19H26N4O/c1-3-17(23-13-6-10-20-23)19(24)22-12-7-11-21(14-15-22)18-9-5-4-8-16(18)2/h4-6,8-10,13,17H,3,7,11-12,14-15H2,1-2H3/t17-/m0/s1. The first-order valence-electron chi connectivity index (χ1n) is 8.79. The predicted molar refractivity (Wildman–Crippen MR) is 96.1 cm³/mol. The molecule has 5 heteroatoms. The van der Waals surface area contributed by atoms with Crippen molar-refractivity contribution in [1.29, 1.82) is 0 Å². The minimum absolute atomic E-state index is 0.188. The summed E-state index contributed by atoms with van der Waals surface area (Å²) in [7, 11) is 0. The van der Waals surface area contributed by atoms with Crippen LogP contribution in [0.2, 0.25) is 0 Å². The van der Waals surface area contributed by atoms with Gasteiger partial charge in [0.2, 0.25) is 5.91 Å². The number of carbonyl (C=O) groups is 1. The van der Waals surface area contributed by atoms with E-state index in [2.05, 4.69) is 41.2 Å². The molecule has 128 valence electrons. The summed E-state index contributed by atoms with van der Waals surface area (Å²) in [6, 6.07) is 10.2. The SMILES string of the molecule is CC[C@@H](C(=O)N1CCCN(c2ccccc2C)CC1)n1cccn1. The van der Waals surface area contributed by atoms with Gasteiger partial charge in [-0.3, -0.25) is 9.48 Å². The van der Waals surface area contributed by atoms with Gasteiger partial charge in [-0.15, -0.1) is 0 Å². The molecule has 0 unspecified atom stereocenters. The lowest BCUT2D eigenvalue weighted by Crippen LogP contribution is -2.40. The van der Waals surface area contributed by atoms with Crippen LogP contribution >= 0.6 is 0 Å². The van der Waals surface area contributed by atoms with Crippen LogP contribution in [0.25, 0.3) is 0 Å². The maximum absolute atomic E-state index is 12.9. The van der Waals surface area contributed by atoms with Crippen LogP contribution in [0.1, 0.15) is 31.4 Å². The fourth-order valence-electron chi connectivity index (χ4n) is 3.45. The van der Waals surface area contributed by atoms with Crippen molar-refractivity contribution in [2.45, 2.75) is 32.7 Å². The highest BCUT2D eigenvalue weighted by Gasteiger charge is 2.26. The van der Waals surface area contributed by atoms with Crippen molar-refractivity contribution < 1.29 is 4.79 Å². The van der Waals surface area contributed by atoms with E-state index >= 15 is 0 Å². The number of rotatable bonds is 4. The van der Waals surface area contributed by atoms with Gasteiger partial charge in [0.1, 0.15) is 6.04 Å². The third-order valence-corrected chi connectivity index (χ3v) is 4.78. The number of hydrogen-bond donors (Lipinski definition) is 0. The number of hydrogen-bond acceptors (Lipinski definition) is 3.